The number of hydrogen-bond donors (Lipinski definition) is 10. The topological polar surface area (TPSA) is 283 Å². The molecule has 2 amide bonds. The quantitative estimate of drug-likeness (QED) is 0.0268. The molecule has 0 saturated heterocycles. The van der Waals surface area contributed by atoms with Crippen molar-refractivity contribution in [2.24, 2.45) is 33.7 Å². The molecule has 0 heterocycles. The number of nitrogens with zero attached hydrogens (tertiary/aromatic N) is 1. The van der Waals surface area contributed by atoms with Crippen LogP contribution in [0.25, 0.3) is 0 Å². The lowest BCUT2D eigenvalue weighted by Gasteiger charge is -2.24. The second-order valence-electron chi connectivity index (χ2n) is 14.9. The fraction of sp³-hybridized carbons (Fsp3) is 0.410. The van der Waals surface area contributed by atoms with E-state index in [1.807, 2.05) is 45.0 Å². The number of nitrogen functional groups attached to an aromatic ring is 2. The minimum absolute atomic E-state index is 0.0225. The second-order valence-corrected chi connectivity index (χ2v) is 17.1. The van der Waals surface area contributed by atoms with Crippen molar-refractivity contribution in [3.8, 4) is 11.5 Å². The first-order valence-electron chi connectivity index (χ1n) is 18.1. The third kappa shape index (κ3) is 13.1. The Morgan fingerprint density at radius 2 is 1.16 bits per heavy atom. The summed E-state index contributed by atoms with van der Waals surface area (Å²) in [6.07, 6.45) is 0. The average molecular weight is 810 g/mol. The number of ether oxygens (including phenoxy) is 2. The SMILES string of the molecule is C=C(N)NCCSc1c(N)cc(C(C)(C)C)cc1NC(=O)c1cc(C(=O)Nc2cc(C(C)(C)C)cc(N)c2SCCN=C(N)N)c(OCCN)cc1OCCN. The summed E-state index contributed by atoms with van der Waals surface area (Å²) in [5.74, 6) is 0.601. The second kappa shape index (κ2) is 20.3. The standard InChI is InChI=1S/C39H59N11O4S2/c1-22(42)47-10-14-55-33-27(43)16-23(38(2,3)4)18-29(33)49-35(51)25-20-26(32(54-13-9-41)21-31(25)53-12-8-40)36(52)50-30-19-24(39(5,6)7)17-28(44)34(30)56-15-11-48-37(45)46/h16-21,47H,1,8-15,40-44H2,2-7H3,(H,49,51)(H,50,52)(H4,45,46,48). The number of guanidine groups is 1. The van der Waals surface area contributed by atoms with Gasteiger partial charge in [-0.3, -0.25) is 14.6 Å². The van der Waals surface area contributed by atoms with Gasteiger partial charge in [-0.25, -0.2) is 0 Å². The lowest BCUT2D eigenvalue weighted by molar-refractivity contribution is 0.102. The molecule has 0 saturated carbocycles. The van der Waals surface area contributed by atoms with Crippen LogP contribution >= 0.6 is 23.5 Å². The molecule has 0 spiro atoms. The summed E-state index contributed by atoms with van der Waals surface area (Å²) in [7, 11) is 0. The van der Waals surface area contributed by atoms with Crippen LogP contribution in [0.4, 0.5) is 22.7 Å². The number of aliphatic imine (C=N–C) groups is 1. The molecule has 0 bridgehead atoms. The van der Waals surface area contributed by atoms with Gasteiger partial charge in [-0.2, -0.15) is 0 Å². The Morgan fingerprint density at radius 3 is 1.55 bits per heavy atom. The minimum atomic E-state index is -0.558. The molecule has 3 aromatic rings. The van der Waals surface area contributed by atoms with Crippen molar-refractivity contribution in [3.05, 3.63) is 71.1 Å². The number of hydrogen-bond acceptors (Lipinski definition) is 13. The molecule has 15 nitrogen and oxygen atoms in total. The molecule has 0 atom stereocenters. The normalized spacial score (nSPS) is 11.4. The number of nitrogens with two attached hydrogens (primary N) is 7. The molecular formula is C39H59N11O4S2. The van der Waals surface area contributed by atoms with E-state index in [1.165, 1.54) is 35.7 Å². The van der Waals surface area contributed by atoms with E-state index in [-0.39, 0.29) is 65.7 Å². The Balaban J connectivity index is 2.17. The lowest BCUT2D eigenvalue weighted by atomic mass is 9.86. The van der Waals surface area contributed by atoms with Gasteiger partial charge >= 0.3 is 0 Å². The molecule has 0 fully saturated rings. The zero-order valence-electron chi connectivity index (χ0n) is 33.3. The zero-order chi connectivity index (χ0) is 41.8. The highest BCUT2D eigenvalue weighted by Gasteiger charge is 2.26. The first kappa shape index (κ1) is 45.4. The molecule has 0 aromatic heterocycles. The highest BCUT2D eigenvalue weighted by Crippen LogP contribution is 2.41. The smallest absolute Gasteiger partial charge is 0.259 e. The Labute approximate surface area is 338 Å². The molecule has 0 radical (unpaired) electrons. The van der Waals surface area contributed by atoms with Gasteiger partial charge in [0, 0.05) is 48.6 Å². The van der Waals surface area contributed by atoms with Gasteiger partial charge in [0.2, 0.25) is 0 Å². The Kier molecular flexibility index (Phi) is 16.4. The molecule has 0 aliphatic rings. The van der Waals surface area contributed by atoms with Crippen molar-refractivity contribution in [1.82, 2.24) is 5.32 Å². The van der Waals surface area contributed by atoms with Crippen molar-refractivity contribution < 1.29 is 19.1 Å². The third-order valence-electron chi connectivity index (χ3n) is 8.12. The number of rotatable bonds is 19. The Hall–Kier alpha value is -4.97. The molecule has 56 heavy (non-hydrogen) atoms. The number of nitrogens with one attached hydrogen (secondary N) is 3. The maximum absolute atomic E-state index is 14.4. The summed E-state index contributed by atoms with van der Waals surface area (Å²) in [5.41, 5.74) is 44.8. The van der Waals surface area contributed by atoms with E-state index in [2.05, 4.69) is 48.3 Å². The Bertz CT molecular complexity index is 1900. The van der Waals surface area contributed by atoms with Crippen LogP contribution in [-0.2, 0) is 10.8 Å². The molecule has 3 aromatic carbocycles. The van der Waals surface area contributed by atoms with E-state index in [0.717, 1.165) is 11.1 Å². The van der Waals surface area contributed by atoms with E-state index in [1.54, 1.807) is 0 Å². The van der Waals surface area contributed by atoms with E-state index in [4.69, 9.17) is 49.6 Å². The largest absolute Gasteiger partial charge is 0.491 e. The number of amides is 2. The fourth-order valence-electron chi connectivity index (χ4n) is 5.24. The Morgan fingerprint density at radius 1 is 0.714 bits per heavy atom. The van der Waals surface area contributed by atoms with Crippen LogP contribution in [0.5, 0.6) is 11.5 Å². The lowest BCUT2D eigenvalue weighted by Crippen LogP contribution is -2.23. The first-order chi connectivity index (χ1) is 26.3. The van der Waals surface area contributed by atoms with Gasteiger partial charge in [0.1, 0.15) is 24.7 Å². The highest BCUT2D eigenvalue weighted by atomic mass is 32.2. The van der Waals surface area contributed by atoms with Gasteiger partial charge in [-0.15, -0.1) is 23.5 Å². The summed E-state index contributed by atoms with van der Waals surface area (Å²) < 4.78 is 12.0. The molecule has 306 valence electrons. The first-order valence-corrected chi connectivity index (χ1v) is 20.1. The van der Waals surface area contributed by atoms with Crippen LogP contribution in [0.2, 0.25) is 0 Å². The number of benzene rings is 3. The highest BCUT2D eigenvalue weighted by molar-refractivity contribution is 7.99. The predicted octanol–water partition coefficient (Wildman–Crippen LogP) is 4.10. The maximum atomic E-state index is 14.4. The van der Waals surface area contributed by atoms with Crippen LogP contribution < -0.4 is 65.6 Å². The fourth-order valence-corrected chi connectivity index (χ4v) is 7.01. The van der Waals surface area contributed by atoms with E-state index in [0.29, 0.717) is 63.0 Å². The van der Waals surface area contributed by atoms with Crippen molar-refractivity contribution in [1.29, 1.82) is 0 Å². The maximum Gasteiger partial charge on any atom is 0.259 e. The van der Waals surface area contributed by atoms with E-state index >= 15 is 0 Å². The number of thioether (sulfide) groups is 2. The molecule has 0 unspecified atom stereocenters. The van der Waals surface area contributed by atoms with E-state index < -0.39 is 11.8 Å². The van der Waals surface area contributed by atoms with Crippen LogP contribution in [0.3, 0.4) is 0 Å². The van der Waals surface area contributed by atoms with Gasteiger partial charge in [-0.1, -0.05) is 48.1 Å². The van der Waals surface area contributed by atoms with Crippen molar-refractivity contribution in [2.45, 2.75) is 62.2 Å². The van der Waals surface area contributed by atoms with E-state index in [9.17, 15) is 9.59 Å². The molecule has 17 heteroatoms. The van der Waals surface area contributed by atoms with Crippen LogP contribution in [0.1, 0.15) is 73.4 Å². The van der Waals surface area contributed by atoms with Gasteiger partial charge in [-0.05, 0) is 52.3 Å². The number of anilines is 4. The van der Waals surface area contributed by atoms with Crippen LogP contribution in [0.15, 0.2) is 63.6 Å². The summed E-state index contributed by atoms with van der Waals surface area (Å²) in [5, 5.41) is 9.08. The summed E-state index contributed by atoms with van der Waals surface area (Å²) in [6, 6.07) is 10.5. The van der Waals surface area contributed by atoms with Crippen molar-refractivity contribution in [3.63, 3.8) is 0 Å². The molecule has 17 N–H and O–H groups in total. The molecule has 0 aliphatic heterocycles. The zero-order valence-corrected chi connectivity index (χ0v) is 34.9. The summed E-state index contributed by atoms with van der Waals surface area (Å²) in [6.45, 7) is 17.4. The van der Waals surface area contributed by atoms with Gasteiger partial charge in [0.05, 0.1) is 44.7 Å². The molecule has 0 aliphatic carbocycles. The van der Waals surface area contributed by atoms with Crippen LogP contribution in [0, 0.1) is 0 Å². The van der Waals surface area contributed by atoms with Gasteiger partial charge < -0.3 is 65.6 Å². The monoisotopic (exact) mass is 809 g/mol. The minimum Gasteiger partial charge on any atom is -0.491 e. The van der Waals surface area contributed by atoms with Crippen molar-refractivity contribution in [2.75, 3.05) is 73.0 Å². The van der Waals surface area contributed by atoms with Gasteiger partial charge in [0.15, 0.2) is 5.96 Å². The van der Waals surface area contributed by atoms with Gasteiger partial charge in [0.25, 0.3) is 11.8 Å². The molecule has 3 rings (SSSR count). The number of carbonyl (C=O) groups is 2. The number of carbonyl (C=O) groups excluding carboxylic acids is 2. The van der Waals surface area contributed by atoms with Crippen molar-refractivity contribution >= 4 is 64.0 Å². The summed E-state index contributed by atoms with van der Waals surface area (Å²) >= 11 is 2.85. The molecular weight excluding hydrogens is 751 g/mol. The third-order valence-corrected chi connectivity index (χ3v) is 10.4. The van der Waals surface area contributed by atoms with Crippen LogP contribution in [-0.4, -0.2) is 68.7 Å². The predicted molar refractivity (Wildman–Crippen MR) is 234 cm³/mol. The average Bonchev–Trinajstić information content (AvgIpc) is 3.10. The summed E-state index contributed by atoms with van der Waals surface area (Å²) in [4.78, 5) is 34.1.